The fourth-order valence-corrected chi connectivity index (χ4v) is 3.71. The molecular formula is C21H23N7O2. The molecule has 0 aromatic carbocycles. The number of carbonyl (C=O) groups excluding carboxylic acids is 2. The van der Waals surface area contributed by atoms with Crippen LogP contribution in [-0.2, 0) is 13.0 Å². The fourth-order valence-electron chi connectivity index (χ4n) is 3.71. The molecule has 4 rings (SSSR count). The van der Waals surface area contributed by atoms with Gasteiger partial charge in [0.2, 0.25) is 0 Å². The number of aromatic nitrogens is 5. The van der Waals surface area contributed by atoms with Crippen LogP contribution in [0.25, 0.3) is 0 Å². The number of hydrogen-bond donors (Lipinski definition) is 2. The Kier molecular flexibility index (Phi) is 5.51. The third-order valence-corrected chi connectivity index (χ3v) is 5.32. The minimum absolute atomic E-state index is 0.189. The second-order valence-electron chi connectivity index (χ2n) is 7.25. The predicted octanol–water partition coefficient (Wildman–Crippen LogP) is 1.98. The van der Waals surface area contributed by atoms with Crippen molar-refractivity contribution in [2.75, 3.05) is 6.54 Å². The summed E-state index contributed by atoms with van der Waals surface area (Å²) in [5.74, 6) is -0.427. The average Bonchev–Trinajstić information content (AvgIpc) is 3.21. The first-order chi connectivity index (χ1) is 14.6. The molecule has 4 heterocycles. The van der Waals surface area contributed by atoms with E-state index in [0.717, 1.165) is 28.9 Å². The highest BCUT2D eigenvalue weighted by Crippen LogP contribution is 2.23. The Morgan fingerprint density at radius 1 is 1.27 bits per heavy atom. The highest BCUT2D eigenvalue weighted by atomic mass is 16.2. The molecule has 0 radical (unpaired) electrons. The van der Waals surface area contributed by atoms with Gasteiger partial charge in [-0.3, -0.25) is 19.7 Å². The van der Waals surface area contributed by atoms with Gasteiger partial charge in [0.25, 0.3) is 11.8 Å². The molecule has 9 heteroatoms. The molecule has 1 unspecified atom stereocenters. The van der Waals surface area contributed by atoms with E-state index >= 15 is 0 Å². The van der Waals surface area contributed by atoms with Crippen molar-refractivity contribution in [1.82, 2.24) is 35.6 Å². The molecule has 9 nitrogen and oxygen atoms in total. The van der Waals surface area contributed by atoms with Crippen molar-refractivity contribution in [3.8, 4) is 0 Å². The predicted molar refractivity (Wildman–Crippen MR) is 109 cm³/mol. The van der Waals surface area contributed by atoms with Crippen molar-refractivity contribution in [2.45, 2.75) is 39.3 Å². The van der Waals surface area contributed by atoms with Gasteiger partial charge in [0.1, 0.15) is 0 Å². The van der Waals surface area contributed by atoms with Gasteiger partial charge in [0.05, 0.1) is 24.0 Å². The molecule has 2 amide bonds. The lowest BCUT2D eigenvalue weighted by molar-refractivity contribution is 0.0725. The third-order valence-electron chi connectivity index (χ3n) is 5.32. The largest absolute Gasteiger partial charge is 0.342 e. The molecule has 30 heavy (non-hydrogen) atoms. The van der Waals surface area contributed by atoms with Crippen LogP contribution in [0.15, 0.2) is 36.7 Å². The molecular weight excluding hydrogens is 382 g/mol. The lowest BCUT2D eigenvalue weighted by Crippen LogP contribution is -2.37. The second-order valence-corrected chi connectivity index (χ2v) is 7.25. The second kappa shape index (κ2) is 8.40. The Morgan fingerprint density at radius 2 is 2.10 bits per heavy atom. The van der Waals surface area contributed by atoms with Crippen molar-refractivity contribution >= 4 is 11.8 Å². The Balaban J connectivity index is 1.49. The molecule has 0 fully saturated rings. The van der Waals surface area contributed by atoms with Gasteiger partial charge in [-0.15, -0.1) is 5.10 Å². The number of nitrogens with one attached hydrogen (secondary N) is 2. The van der Waals surface area contributed by atoms with E-state index in [0.29, 0.717) is 30.9 Å². The minimum Gasteiger partial charge on any atom is -0.342 e. The number of pyridine rings is 1. The number of nitrogens with zero attached hydrogens (tertiary/aromatic N) is 5. The van der Waals surface area contributed by atoms with Gasteiger partial charge in [-0.2, -0.15) is 10.2 Å². The quantitative estimate of drug-likeness (QED) is 0.670. The monoisotopic (exact) mass is 405 g/mol. The molecule has 154 valence electrons. The van der Waals surface area contributed by atoms with E-state index in [9.17, 15) is 9.59 Å². The maximum Gasteiger partial charge on any atom is 0.274 e. The first-order valence-electron chi connectivity index (χ1n) is 9.94. The number of carbonyl (C=O) groups is 2. The molecule has 3 aromatic rings. The van der Waals surface area contributed by atoms with E-state index in [1.807, 2.05) is 26.0 Å². The van der Waals surface area contributed by atoms with Gasteiger partial charge in [0, 0.05) is 24.5 Å². The fraction of sp³-hybridized carbons (Fsp3) is 0.333. The molecule has 0 aliphatic carbocycles. The zero-order chi connectivity index (χ0) is 21.1. The summed E-state index contributed by atoms with van der Waals surface area (Å²) in [6.07, 6.45) is 4.52. The molecule has 1 atom stereocenters. The summed E-state index contributed by atoms with van der Waals surface area (Å²) in [6.45, 7) is 4.83. The number of amides is 2. The number of aryl methyl sites for hydroxylation is 1. The van der Waals surface area contributed by atoms with Crippen LogP contribution >= 0.6 is 0 Å². The van der Waals surface area contributed by atoms with Gasteiger partial charge in [-0.1, -0.05) is 13.0 Å². The maximum absolute atomic E-state index is 12.9. The summed E-state index contributed by atoms with van der Waals surface area (Å²) in [6, 6.07) is 6.99. The SMILES string of the molecule is CCC(NC(=O)c1n[nH]c2c1CCN(C(=O)c1cccnn1)C2)c1ncccc1C. The average molecular weight is 405 g/mol. The summed E-state index contributed by atoms with van der Waals surface area (Å²) >= 11 is 0. The van der Waals surface area contributed by atoms with E-state index < -0.39 is 0 Å². The Hall–Kier alpha value is -3.62. The van der Waals surface area contributed by atoms with E-state index in [4.69, 9.17) is 0 Å². The van der Waals surface area contributed by atoms with Crippen LogP contribution in [0.2, 0.25) is 0 Å². The molecule has 2 N–H and O–H groups in total. The molecule has 1 aliphatic rings. The van der Waals surface area contributed by atoms with E-state index in [1.54, 1.807) is 23.2 Å². The molecule has 1 aliphatic heterocycles. The molecule has 0 spiro atoms. The van der Waals surface area contributed by atoms with Gasteiger partial charge in [0.15, 0.2) is 11.4 Å². The lowest BCUT2D eigenvalue weighted by Gasteiger charge is -2.26. The summed E-state index contributed by atoms with van der Waals surface area (Å²) in [5.41, 5.74) is 4.19. The first kappa shape index (κ1) is 19.7. The topological polar surface area (TPSA) is 117 Å². The molecule has 0 bridgehead atoms. The molecule has 0 saturated carbocycles. The molecule has 3 aromatic heterocycles. The number of rotatable bonds is 5. The number of fused-ring (bicyclic) bond motifs is 1. The van der Waals surface area contributed by atoms with Gasteiger partial charge < -0.3 is 10.2 Å². The van der Waals surface area contributed by atoms with Crippen LogP contribution in [0.1, 0.15) is 62.9 Å². The minimum atomic E-state index is -0.238. The zero-order valence-electron chi connectivity index (χ0n) is 16.9. The third kappa shape index (κ3) is 3.78. The van der Waals surface area contributed by atoms with Crippen LogP contribution < -0.4 is 5.32 Å². The summed E-state index contributed by atoms with van der Waals surface area (Å²) < 4.78 is 0. The number of hydrogen-bond acceptors (Lipinski definition) is 6. The Morgan fingerprint density at radius 3 is 2.83 bits per heavy atom. The summed E-state index contributed by atoms with van der Waals surface area (Å²) in [4.78, 5) is 31.7. The van der Waals surface area contributed by atoms with Gasteiger partial charge in [-0.05, 0) is 43.5 Å². The summed E-state index contributed by atoms with van der Waals surface area (Å²) in [7, 11) is 0. The van der Waals surface area contributed by atoms with Crippen LogP contribution in [0.4, 0.5) is 0 Å². The maximum atomic E-state index is 12.9. The Bertz CT molecular complexity index is 1060. The zero-order valence-corrected chi connectivity index (χ0v) is 16.9. The normalized spacial score (nSPS) is 14.1. The standard InChI is InChI=1S/C21H23N7O2/c1-3-15(18-13(2)6-4-9-22-18)24-20(29)19-14-8-11-28(12-17(14)26-27-19)21(30)16-7-5-10-23-25-16/h4-7,9-10,15H,3,8,11-12H2,1-2H3,(H,24,29)(H,26,27). The van der Waals surface area contributed by atoms with E-state index in [1.165, 1.54) is 6.20 Å². The Labute approximate surface area is 173 Å². The lowest BCUT2D eigenvalue weighted by atomic mass is 10.0. The van der Waals surface area contributed by atoms with Gasteiger partial charge in [-0.25, -0.2) is 0 Å². The molecule has 0 saturated heterocycles. The van der Waals surface area contributed by atoms with Crippen LogP contribution in [0.3, 0.4) is 0 Å². The van der Waals surface area contributed by atoms with E-state index in [2.05, 4.69) is 30.7 Å². The highest BCUT2D eigenvalue weighted by Gasteiger charge is 2.29. The van der Waals surface area contributed by atoms with Crippen LogP contribution in [0.5, 0.6) is 0 Å². The van der Waals surface area contributed by atoms with Crippen molar-refractivity contribution < 1.29 is 9.59 Å². The van der Waals surface area contributed by atoms with E-state index in [-0.39, 0.29) is 17.9 Å². The van der Waals surface area contributed by atoms with Crippen molar-refractivity contribution in [3.63, 3.8) is 0 Å². The summed E-state index contributed by atoms with van der Waals surface area (Å²) in [5, 5.41) is 17.9. The van der Waals surface area contributed by atoms with Crippen molar-refractivity contribution in [3.05, 3.63) is 70.6 Å². The highest BCUT2D eigenvalue weighted by molar-refractivity contribution is 5.95. The smallest absolute Gasteiger partial charge is 0.274 e. The number of H-pyrrole nitrogens is 1. The first-order valence-corrected chi connectivity index (χ1v) is 9.94. The number of aromatic amines is 1. The van der Waals surface area contributed by atoms with Crippen LogP contribution in [-0.4, -0.2) is 48.6 Å². The van der Waals surface area contributed by atoms with Gasteiger partial charge >= 0.3 is 0 Å². The van der Waals surface area contributed by atoms with Crippen LogP contribution in [0, 0.1) is 6.92 Å². The van der Waals surface area contributed by atoms with Crippen molar-refractivity contribution in [1.29, 1.82) is 0 Å². The van der Waals surface area contributed by atoms with Crippen molar-refractivity contribution in [2.24, 2.45) is 0 Å².